The highest BCUT2D eigenvalue weighted by Gasteiger charge is 2.17. The van der Waals surface area contributed by atoms with Gasteiger partial charge in [-0.3, -0.25) is 0 Å². The second-order valence-electron chi connectivity index (χ2n) is 6.17. The van der Waals surface area contributed by atoms with Gasteiger partial charge in [0.15, 0.2) is 0 Å². The number of nitrogens with zero attached hydrogens (tertiary/aromatic N) is 2. The average Bonchev–Trinajstić information content (AvgIpc) is 2.69. The van der Waals surface area contributed by atoms with Gasteiger partial charge in [0.25, 0.3) is 0 Å². The largest absolute Gasteiger partial charge is 0.367 e. The molecule has 0 aromatic heterocycles. The number of anilines is 1. The standard InChI is InChI=1S/C23H22N2/c24-17-16-22(21-12-6-2-7-13-21)19-25(23-14-8-3-9-15-23)18-20-10-4-1-5-11-20/h1-15,22H,16,18-19H2. The van der Waals surface area contributed by atoms with Gasteiger partial charge in [0.2, 0.25) is 0 Å². The molecule has 0 aliphatic heterocycles. The minimum absolute atomic E-state index is 0.190. The molecule has 25 heavy (non-hydrogen) atoms. The summed E-state index contributed by atoms with van der Waals surface area (Å²) in [5.41, 5.74) is 3.68. The molecule has 124 valence electrons. The van der Waals surface area contributed by atoms with Gasteiger partial charge in [0.1, 0.15) is 0 Å². The predicted octanol–water partition coefficient (Wildman–Crippen LogP) is 5.39. The first-order valence-electron chi connectivity index (χ1n) is 8.62. The molecule has 2 nitrogen and oxygen atoms in total. The Morgan fingerprint density at radius 3 is 1.92 bits per heavy atom. The summed E-state index contributed by atoms with van der Waals surface area (Å²) in [6, 6.07) is 33.6. The zero-order valence-corrected chi connectivity index (χ0v) is 14.3. The molecule has 1 atom stereocenters. The molecule has 3 aromatic carbocycles. The van der Waals surface area contributed by atoms with E-state index < -0.39 is 0 Å². The Morgan fingerprint density at radius 1 is 0.760 bits per heavy atom. The molecule has 0 spiro atoms. The van der Waals surface area contributed by atoms with Crippen LogP contribution in [0.5, 0.6) is 0 Å². The van der Waals surface area contributed by atoms with Crippen LogP contribution >= 0.6 is 0 Å². The SMILES string of the molecule is N#CCC(CN(Cc1ccccc1)c1ccccc1)c1ccccc1. The Morgan fingerprint density at radius 2 is 1.32 bits per heavy atom. The maximum atomic E-state index is 9.30. The smallest absolute Gasteiger partial charge is 0.0628 e. The molecule has 0 aliphatic rings. The zero-order chi connectivity index (χ0) is 17.3. The predicted molar refractivity (Wildman–Crippen MR) is 103 cm³/mol. The van der Waals surface area contributed by atoms with Crippen molar-refractivity contribution in [3.05, 3.63) is 102 Å². The summed E-state index contributed by atoms with van der Waals surface area (Å²) in [7, 11) is 0. The minimum atomic E-state index is 0.190. The van der Waals surface area contributed by atoms with Gasteiger partial charge < -0.3 is 4.90 Å². The summed E-state index contributed by atoms with van der Waals surface area (Å²) in [5, 5.41) is 9.30. The molecule has 0 fully saturated rings. The summed E-state index contributed by atoms with van der Waals surface area (Å²) in [6.07, 6.45) is 0.516. The highest BCUT2D eigenvalue weighted by Crippen LogP contribution is 2.25. The Labute approximate surface area is 150 Å². The van der Waals surface area contributed by atoms with Crippen molar-refractivity contribution in [2.45, 2.75) is 18.9 Å². The lowest BCUT2D eigenvalue weighted by atomic mass is 9.95. The normalized spacial score (nSPS) is 11.5. The van der Waals surface area contributed by atoms with E-state index in [1.165, 1.54) is 16.8 Å². The van der Waals surface area contributed by atoms with Gasteiger partial charge in [-0.05, 0) is 23.3 Å². The summed E-state index contributed by atoms with van der Waals surface area (Å²) >= 11 is 0. The van der Waals surface area contributed by atoms with Crippen LogP contribution in [0.2, 0.25) is 0 Å². The van der Waals surface area contributed by atoms with Crippen LogP contribution in [0.4, 0.5) is 5.69 Å². The van der Waals surface area contributed by atoms with E-state index in [-0.39, 0.29) is 5.92 Å². The van der Waals surface area contributed by atoms with Crippen molar-refractivity contribution in [2.75, 3.05) is 11.4 Å². The fraction of sp³-hybridized carbons (Fsp3) is 0.174. The molecule has 0 radical (unpaired) electrons. The van der Waals surface area contributed by atoms with Gasteiger partial charge in [-0.15, -0.1) is 0 Å². The van der Waals surface area contributed by atoms with Gasteiger partial charge in [-0.1, -0.05) is 78.9 Å². The van der Waals surface area contributed by atoms with Crippen LogP contribution in [-0.2, 0) is 6.54 Å². The molecular formula is C23H22N2. The van der Waals surface area contributed by atoms with E-state index in [0.29, 0.717) is 6.42 Å². The van der Waals surface area contributed by atoms with Gasteiger partial charge in [0.05, 0.1) is 6.07 Å². The van der Waals surface area contributed by atoms with Gasteiger partial charge >= 0.3 is 0 Å². The maximum absolute atomic E-state index is 9.30. The highest BCUT2D eigenvalue weighted by atomic mass is 15.1. The summed E-state index contributed by atoms with van der Waals surface area (Å²) in [5.74, 6) is 0.190. The number of hydrogen-bond acceptors (Lipinski definition) is 2. The van der Waals surface area contributed by atoms with Gasteiger partial charge in [0, 0.05) is 31.1 Å². The Balaban J connectivity index is 1.86. The first kappa shape index (κ1) is 16.8. The van der Waals surface area contributed by atoms with Gasteiger partial charge in [-0.2, -0.15) is 5.26 Å². The minimum Gasteiger partial charge on any atom is -0.367 e. The third kappa shape index (κ3) is 4.71. The number of para-hydroxylation sites is 1. The van der Waals surface area contributed by atoms with Crippen molar-refractivity contribution in [1.82, 2.24) is 0 Å². The Kier molecular flexibility index (Phi) is 5.85. The molecule has 0 aliphatic carbocycles. The van der Waals surface area contributed by atoms with Crippen molar-refractivity contribution < 1.29 is 0 Å². The summed E-state index contributed by atoms with van der Waals surface area (Å²) < 4.78 is 0. The number of nitriles is 1. The molecular weight excluding hydrogens is 304 g/mol. The van der Waals surface area contributed by atoms with E-state index in [4.69, 9.17) is 0 Å². The van der Waals surface area contributed by atoms with E-state index in [1.807, 2.05) is 30.3 Å². The average molecular weight is 326 g/mol. The molecule has 3 aromatic rings. The number of benzene rings is 3. The lowest BCUT2D eigenvalue weighted by molar-refractivity contribution is 0.652. The van der Waals surface area contributed by atoms with E-state index >= 15 is 0 Å². The molecule has 0 heterocycles. The summed E-state index contributed by atoms with van der Waals surface area (Å²) in [6.45, 7) is 1.65. The van der Waals surface area contributed by atoms with E-state index in [1.54, 1.807) is 0 Å². The lowest BCUT2D eigenvalue weighted by Gasteiger charge is -2.29. The van der Waals surface area contributed by atoms with Crippen LogP contribution < -0.4 is 4.90 Å². The topological polar surface area (TPSA) is 27.0 Å². The van der Waals surface area contributed by atoms with Crippen molar-refractivity contribution >= 4 is 5.69 Å². The first-order valence-corrected chi connectivity index (χ1v) is 8.62. The zero-order valence-electron chi connectivity index (χ0n) is 14.3. The third-order valence-electron chi connectivity index (χ3n) is 4.39. The third-order valence-corrected chi connectivity index (χ3v) is 4.39. The van der Waals surface area contributed by atoms with Crippen molar-refractivity contribution in [2.24, 2.45) is 0 Å². The van der Waals surface area contributed by atoms with E-state index in [0.717, 1.165) is 13.1 Å². The van der Waals surface area contributed by atoms with Crippen LogP contribution in [0.3, 0.4) is 0 Å². The molecule has 0 saturated heterocycles. The second kappa shape index (κ2) is 8.70. The first-order chi connectivity index (χ1) is 12.4. The van der Waals surface area contributed by atoms with Crippen LogP contribution in [0.1, 0.15) is 23.5 Å². The number of rotatable bonds is 7. The summed E-state index contributed by atoms with van der Waals surface area (Å²) in [4.78, 5) is 2.37. The quantitative estimate of drug-likeness (QED) is 0.582. The van der Waals surface area contributed by atoms with Gasteiger partial charge in [-0.25, -0.2) is 0 Å². The molecule has 0 bridgehead atoms. The van der Waals surface area contributed by atoms with Crippen molar-refractivity contribution in [3.8, 4) is 6.07 Å². The molecule has 3 rings (SSSR count). The lowest BCUT2D eigenvalue weighted by Crippen LogP contribution is -2.28. The Bertz CT molecular complexity index is 792. The maximum Gasteiger partial charge on any atom is 0.0628 e. The van der Waals surface area contributed by atoms with Crippen molar-refractivity contribution in [1.29, 1.82) is 5.26 Å². The molecule has 0 saturated carbocycles. The van der Waals surface area contributed by atoms with Crippen LogP contribution in [0.15, 0.2) is 91.0 Å². The fourth-order valence-electron chi connectivity index (χ4n) is 3.09. The van der Waals surface area contributed by atoms with E-state index in [9.17, 15) is 5.26 Å². The molecule has 1 unspecified atom stereocenters. The molecule has 0 amide bonds. The Hall–Kier alpha value is -3.05. The monoisotopic (exact) mass is 326 g/mol. The van der Waals surface area contributed by atoms with Crippen LogP contribution in [0.25, 0.3) is 0 Å². The second-order valence-corrected chi connectivity index (χ2v) is 6.17. The fourth-order valence-corrected chi connectivity index (χ4v) is 3.09. The van der Waals surface area contributed by atoms with Crippen LogP contribution in [0, 0.1) is 11.3 Å². The number of hydrogen-bond donors (Lipinski definition) is 0. The molecule has 2 heteroatoms. The van der Waals surface area contributed by atoms with E-state index in [2.05, 4.69) is 71.6 Å². The molecule has 0 N–H and O–H groups in total. The van der Waals surface area contributed by atoms with Crippen LogP contribution in [-0.4, -0.2) is 6.54 Å². The highest BCUT2D eigenvalue weighted by molar-refractivity contribution is 5.47. The van der Waals surface area contributed by atoms with Crippen molar-refractivity contribution in [3.63, 3.8) is 0 Å².